The van der Waals surface area contributed by atoms with Crippen LogP contribution in [0.2, 0.25) is 0 Å². The van der Waals surface area contributed by atoms with E-state index in [0.717, 1.165) is 100 Å². The molecule has 18 heteroatoms. The van der Waals surface area contributed by atoms with Gasteiger partial charge in [-0.15, -0.1) is 0 Å². The molecule has 0 N–H and O–H groups in total. The first kappa shape index (κ1) is 73.3. The lowest BCUT2D eigenvalue weighted by Crippen LogP contribution is -2.01. The molecule has 10 aromatic carbocycles. The van der Waals surface area contributed by atoms with Gasteiger partial charge >= 0.3 is 0 Å². The molecule has 10 heterocycles. The van der Waals surface area contributed by atoms with Gasteiger partial charge in [0.2, 0.25) is 0 Å². The lowest BCUT2D eigenvalue weighted by molar-refractivity contribution is 1.07. The van der Waals surface area contributed by atoms with Crippen LogP contribution in [0.1, 0.15) is 0 Å². The Kier molecular flexibility index (Phi) is 20.8. The van der Waals surface area contributed by atoms with Crippen LogP contribution in [0.5, 0.6) is 0 Å². The van der Waals surface area contributed by atoms with Crippen LogP contribution in [-0.2, 0) is 0 Å². The highest BCUT2D eigenvalue weighted by atomic mass is 15.1. The van der Waals surface area contributed by atoms with Gasteiger partial charge in [0.25, 0.3) is 0 Å². The molecule has 0 saturated heterocycles. The Morgan fingerprint density at radius 3 is 0.733 bits per heavy atom. The van der Waals surface area contributed by atoms with Crippen molar-refractivity contribution >= 4 is 0 Å². The standard InChI is InChI=1S/2C51H33N9/c1-5-17-34(18-6-1)46-55-47(35-19-7-2-8-20-35)58-50(57-46)38-28-29-43(53-33-38)45-32-39(31-44(54-45)42-27-15-16-30-52-42)40-25-13-14-26-41(40)51-59-48(36-21-9-3-10-22-36)56-49(60-51)37-23-11-4-12-24-37;1-5-16-34(17-6-1)46-55-47(35-18-7-2-8-19-35)58-50(57-46)39-25-15-24-38(30-39)41-32-44(42-26-13-14-28-52-42)54-45(33-41)43-31-40(27-29-53-43)51-59-48(36-20-9-3-10-21-36)56-49(60-51)37-22-11-4-12-23-37/h2*1-33H. The fraction of sp³-hybridized carbons (Fsp3) is 0. The molecule has 0 unspecified atom stereocenters. The van der Waals surface area contributed by atoms with E-state index in [1.54, 1.807) is 24.8 Å². The smallest absolute Gasteiger partial charge is 0.165 e. The fourth-order valence-corrected chi connectivity index (χ4v) is 13.8. The van der Waals surface area contributed by atoms with E-state index in [9.17, 15) is 0 Å². The van der Waals surface area contributed by atoms with Crippen LogP contribution in [0.3, 0.4) is 0 Å². The van der Waals surface area contributed by atoms with Gasteiger partial charge in [0.1, 0.15) is 0 Å². The molecule has 0 fully saturated rings. The second-order valence-corrected chi connectivity index (χ2v) is 27.8. The summed E-state index contributed by atoms with van der Waals surface area (Å²) in [4.78, 5) is 88.7. The second kappa shape index (κ2) is 34.1. The Morgan fingerprint density at radius 2 is 0.383 bits per heavy atom. The number of hydrogen-bond donors (Lipinski definition) is 0. The van der Waals surface area contributed by atoms with Crippen molar-refractivity contribution in [1.29, 1.82) is 0 Å². The molecule has 0 radical (unpaired) electrons. The highest BCUT2D eigenvalue weighted by Gasteiger charge is 2.23. The zero-order valence-electron chi connectivity index (χ0n) is 64.2. The first-order valence-electron chi connectivity index (χ1n) is 38.9. The van der Waals surface area contributed by atoms with E-state index in [1.807, 2.05) is 340 Å². The largest absolute Gasteiger partial charge is 0.255 e. The minimum absolute atomic E-state index is 0.522. The summed E-state index contributed by atoms with van der Waals surface area (Å²) in [5.41, 5.74) is 19.7. The van der Waals surface area contributed by atoms with Gasteiger partial charge < -0.3 is 0 Å². The molecule has 10 aromatic heterocycles. The van der Waals surface area contributed by atoms with Crippen molar-refractivity contribution in [2.24, 2.45) is 0 Å². The number of benzene rings is 10. The predicted octanol–water partition coefficient (Wildman–Crippen LogP) is 22.5. The SMILES string of the molecule is c1ccc(-c2nc(-c3ccccc3)nc(-c3ccc(-c4cc(-c5ccccc5-c5nc(-c6ccccc6)nc(-c6ccccc6)n5)cc(-c5ccccn5)n4)nc3)n2)cc1.c1ccc(-c2nc(-c3ccccc3)nc(-c3cccc(-c4cc(-c5ccccn5)nc(-c5cc(-c6nc(-c7ccccc7)nc(-c7ccccc7)n6)ccn5)c4)c3)n2)cc1. The number of nitrogens with zero attached hydrogens (tertiary/aromatic N) is 18. The highest BCUT2D eigenvalue weighted by Crippen LogP contribution is 2.39. The van der Waals surface area contributed by atoms with E-state index < -0.39 is 0 Å². The molecule has 0 aliphatic carbocycles. The van der Waals surface area contributed by atoms with Gasteiger partial charge in [-0.3, -0.25) is 19.9 Å². The van der Waals surface area contributed by atoms with Gasteiger partial charge in [-0.1, -0.05) is 297 Å². The van der Waals surface area contributed by atoms with Crippen molar-refractivity contribution in [2.75, 3.05) is 0 Å². The first-order chi connectivity index (χ1) is 59.4. The van der Waals surface area contributed by atoms with Crippen molar-refractivity contribution in [3.05, 3.63) is 401 Å². The normalized spacial score (nSPS) is 11.0. The molecular formula is C102H66N18. The summed E-state index contributed by atoms with van der Waals surface area (Å²) in [6.45, 7) is 0. The number of hydrogen-bond acceptors (Lipinski definition) is 18. The van der Waals surface area contributed by atoms with Crippen molar-refractivity contribution in [3.63, 3.8) is 0 Å². The topological polar surface area (TPSA) is 232 Å². The molecule has 0 bridgehead atoms. The van der Waals surface area contributed by atoms with E-state index in [0.29, 0.717) is 104 Å². The number of aromatic nitrogens is 18. The minimum atomic E-state index is 0.522. The van der Waals surface area contributed by atoms with Gasteiger partial charge in [0, 0.05) is 91.5 Å². The zero-order chi connectivity index (χ0) is 80.2. The van der Waals surface area contributed by atoms with Crippen LogP contribution < -0.4 is 0 Å². The summed E-state index contributed by atoms with van der Waals surface area (Å²) < 4.78 is 0. The van der Waals surface area contributed by atoms with Gasteiger partial charge in [0.15, 0.2) is 69.9 Å². The summed E-state index contributed by atoms with van der Waals surface area (Å²) in [6, 6.07) is 124. The van der Waals surface area contributed by atoms with Gasteiger partial charge in [-0.2, -0.15) is 0 Å². The molecular weight excluding hydrogens is 1480 g/mol. The Bertz CT molecular complexity index is 6560. The summed E-state index contributed by atoms with van der Waals surface area (Å²) in [5.74, 6) is 6.90. The summed E-state index contributed by atoms with van der Waals surface area (Å²) >= 11 is 0. The van der Waals surface area contributed by atoms with Crippen LogP contribution in [-0.4, -0.2) is 89.7 Å². The van der Waals surface area contributed by atoms with Gasteiger partial charge in [-0.25, -0.2) is 69.8 Å². The lowest BCUT2D eigenvalue weighted by Gasteiger charge is -2.14. The van der Waals surface area contributed by atoms with Crippen molar-refractivity contribution < 1.29 is 0 Å². The maximum Gasteiger partial charge on any atom is 0.165 e. The second-order valence-electron chi connectivity index (χ2n) is 27.8. The van der Waals surface area contributed by atoms with E-state index in [2.05, 4.69) is 46.4 Å². The molecule has 20 rings (SSSR count). The average molecular weight is 1540 g/mol. The third-order valence-corrected chi connectivity index (χ3v) is 19.8. The monoisotopic (exact) mass is 1540 g/mol. The van der Waals surface area contributed by atoms with Crippen molar-refractivity contribution in [1.82, 2.24) is 89.7 Å². The molecule has 0 spiro atoms. The van der Waals surface area contributed by atoms with Crippen LogP contribution in [0.4, 0.5) is 0 Å². The van der Waals surface area contributed by atoms with E-state index in [-0.39, 0.29) is 0 Å². The summed E-state index contributed by atoms with van der Waals surface area (Å²) in [6.07, 6.45) is 7.10. The molecule has 0 saturated carbocycles. The Balaban J connectivity index is 0.000000159. The van der Waals surface area contributed by atoms with Crippen LogP contribution >= 0.6 is 0 Å². The Hall–Kier alpha value is -16.9. The van der Waals surface area contributed by atoms with Crippen LogP contribution in [0.15, 0.2) is 401 Å². The van der Waals surface area contributed by atoms with Gasteiger partial charge in [-0.05, 0) is 101 Å². The molecule has 564 valence electrons. The number of rotatable bonds is 18. The number of pyridine rings is 6. The Labute approximate surface area is 690 Å². The third-order valence-electron chi connectivity index (χ3n) is 19.8. The quantitative estimate of drug-likeness (QED) is 0.0777. The van der Waals surface area contributed by atoms with Crippen molar-refractivity contribution in [3.8, 4) is 204 Å². The maximum atomic E-state index is 5.12. The maximum absolute atomic E-state index is 5.12. The molecule has 18 nitrogen and oxygen atoms in total. The molecule has 120 heavy (non-hydrogen) atoms. The lowest BCUT2D eigenvalue weighted by atomic mass is 9.97. The fourth-order valence-electron chi connectivity index (χ4n) is 13.8. The van der Waals surface area contributed by atoms with E-state index in [1.165, 1.54) is 0 Å². The molecule has 0 amide bonds. The van der Waals surface area contributed by atoms with Crippen LogP contribution in [0.25, 0.3) is 204 Å². The van der Waals surface area contributed by atoms with Gasteiger partial charge in [0.05, 0.1) is 45.6 Å². The molecule has 0 atom stereocenters. The first-order valence-corrected chi connectivity index (χ1v) is 38.9. The highest BCUT2D eigenvalue weighted by molar-refractivity contribution is 5.86. The van der Waals surface area contributed by atoms with Crippen LogP contribution in [0, 0.1) is 0 Å². The predicted molar refractivity (Wildman–Crippen MR) is 471 cm³/mol. The molecule has 0 aliphatic heterocycles. The summed E-state index contributed by atoms with van der Waals surface area (Å²) in [5, 5.41) is 0. The van der Waals surface area contributed by atoms with E-state index >= 15 is 0 Å². The van der Waals surface area contributed by atoms with Crippen molar-refractivity contribution in [2.45, 2.75) is 0 Å². The average Bonchev–Trinajstić information content (AvgIpc) is 0.784. The summed E-state index contributed by atoms with van der Waals surface area (Å²) in [7, 11) is 0. The molecule has 20 aromatic rings. The zero-order valence-corrected chi connectivity index (χ0v) is 64.2. The Morgan fingerprint density at radius 1 is 0.117 bits per heavy atom. The minimum Gasteiger partial charge on any atom is -0.255 e. The third kappa shape index (κ3) is 16.5. The van der Waals surface area contributed by atoms with E-state index in [4.69, 9.17) is 79.7 Å². The molecule has 0 aliphatic rings.